The number of Topliss-reactive ketones (excluding diaryl/α,β-unsaturated/α-hetero) is 1. The number of hydrogen-bond donors (Lipinski definition) is 2. The van der Waals surface area contributed by atoms with Crippen molar-refractivity contribution in [2.24, 2.45) is 5.92 Å². The molecule has 0 aromatic heterocycles. The lowest BCUT2D eigenvalue weighted by molar-refractivity contribution is -0.137. The van der Waals surface area contributed by atoms with Crippen molar-refractivity contribution < 1.29 is 24.5 Å². The maximum Gasteiger partial charge on any atom is 0.315 e. The van der Waals surface area contributed by atoms with E-state index in [2.05, 4.69) is 29.0 Å². The summed E-state index contributed by atoms with van der Waals surface area (Å²) in [6, 6.07) is 14.3. The second-order valence-corrected chi connectivity index (χ2v) is 11.0. The lowest BCUT2D eigenvalue weighted by Crippen LogP contribution is -2.27. The highest BCUT2D eigenvalue weighted by molar-refractivity contribution is 8.01. The Morgan fingerprint density at radius 1 is 1.21 bits per heavy atom. The third-order valence-corrected chi connectivity index (χ3v) is 8.23. The van der Waals surface area contributed by atoms with Gasteiger partial charge in [0.05, 0.1) is 29.8 Å². The zero-order valence-corrected chi connectivity index (χ0v) is 20.7. The van der Waals surface area contributed by atoms with Crippen molar-refractivity contribution in [2.75, 3.05) is 24.4 Å². The second kappa shape index (κ2) is 12.1. The molecule has 3 rings (SSSR count). The van der Waals surface area contributed by atoms with Gasteiger partial charge >= 0.3 is 5.97 Å². The first-order valence-electron chi connectivity index (χ1n) is 11.2. The van der Waals surface area contributed by atoms with Crippen LogP contribution in [0.5, 0.6) is 0 Å². The van der Waals surface area contributed by atoms with Crippen LogP contribution in [0, 0.1) is 5.92 Å². The second-order valence-electron chi connectivity index (χ2n) is 8.66. The molecule has 2 N–H and O–H groups in total. The van der Waals surface area contributed by atoms with Crippen LogP contribution in [0.4, 0.5) is 0 Å². The third kappa shape index (κ3) is 7.60. The number of rotatable bonds is 11. The largest absolute Gasteiger partial charge is 0.468 e. The van der Waals surface area contributed by atoms with E-state index in [1.54, 1.807) is 24.8 Å². The van der Waals surface area contributed by atoms with Gasteiger partial charge < -0.3 is 14.9 Å². The first-order valence-corrected chi connectivity index (χ1v) is 13.4. The van der Waals surface area contributed by atoms with E-state index in [-0.39, 0.29) is 29.3 Å². The summed E-state index contributed by atoms with van der Waals surface area (Å²) in [5.74, 6) is 1.43. The monoisotopic (exact) mass is 488 g/mol. The number of ketones is 1. The molecule has 2 aromatic rings. The number of esters is 1. The number of aliphatic hydroxyl groups excluding tert-OH is 1. The average molecular weight is 489 g/mol. The molecule has 1 fully saturated rings. The lowest BCUT2D eigenvalue weighted by Gasteiger charge is -2.22. The summed E-state index contributed by atoms with van der Waals surface area (Å²) in [7, 11) is 1.38. The molecule has 0 spiro atoms. The quantitative estimate of drug-likeness (QED) is 0.281. The Hall–Kier alpha value is -1.80. The molecule has 1 saturated carbocycles. The van der Waals surface area contributed by atoms with Gasteiger partial charge in [-0.15, -0.1) is 11.8 Å². The van der Waals surface area contributed by atoms with Crippen molar-refractivity contribution >= 4 is 46.0 Å². The maximum absolute atomic E-state index is 12.4. The van der Waals surface area contributed by atoms with E-state index in [0.29, 0.717) is 12.2 Å². The molecule has 33 heavy (non-hydrogen) atoms. The Kier molecular flexibility index (Phi) is 9.44. The molecule has 1 unspecified atom stereocenters. The molecular weight excluding hydrogens is 456 g/mol. The molecular formula is C26H32O5S2. The van der Waals surface area contributed by atoms with Crippen LogP contribution in [-0.4, -0.2) is 63.3 Å². The topological polar surface area (TPSA) is 83.8 Å². The van der Waals surface area contributed by atoms with Gasteiger partial charge in [-0.25, -0.2) is 0 Å². The van der Waals surface area contributed by atoms with E-state index in [9.17, 15) is 19.8 Å². The molecule has 0 bridgehead atoms. The molecule has 4 atom stereocenters. The van der Waals surface area contributed by atoms with Crippen molar-refractivity contribution in [1.29, 1.82) is 0 Å². The van der Waals surface area contributed by atoms with Gasteiger partial charge in [0.25, 0.3) is 0 Å². The Morgan fingerprint density at radius 2 is 1.97 bits per heavy atom. The van der Waals surface area contributed by atoms with Gasteiger partial charge in [0.2, 0.25) is 0 Å². The summed E-state index contributed by atoms with van der Waals surface area (Å²) < 4.78 is 4.62. The number of aliphatic hydroxyl groups is 2. The van der Waals surface area contributed by atoms with E-state index < -0.39 is 11.7 Å². The van der Waals surface area contributed by atoms with E-state index >= 15 is 0 Å². The minimum absolute atomic E-state index is 0.0542. The van der Waals surface area contributed by atoms with Gasteiger partial charge in [-0.05, 0) is 41.2 Å². The number of carbonyl (C=O) groups excluding carboxylic acids is 2. The van der Waals surface area contributed by atoms with Crippen molar-refractivity contribution in [3.05, 3.63) is 60.2 Å². The van der Waals surface area contributed by atoms with Gasteiger partial charge in [0.15, 0.2) is 0 Å². The summed E-state index contributed by atoms with van der Waals surface area (Å²) in [6.07, 6.45) is 4.28. The van der Waals surface area contributed by atoms with Crippen LogP contribution in [0.1, 0.15) is 25.3 Å². The Bertz CT molecular complexity index is 988. The number of ether oxygens (including phenoxy) is 1. The van der Waals surface area contributed by atoms with Gasteiger partial charge in [0.1, 0.15) is 5.78 Å². The Balaban J connectivity index is 1.55. The van der Waals surface area contributed by atoms with Crippen LogP contribution in [0.15, 0.2) is 54.6 Å². The van der Waals surface area contributed by atoms with Crippen molar-refractivity contribution in [3.63, 3.8) is 0 Å². The zero-order valence-electron chi connectivity index (χ0n) is 19.1. The Labute approximate surface area is 204 Å². The number of carbonyl (C=O) groups is 2. The first kappa shape index (κ1) is 25.8. The molecule has 1 aliphatic carbocycles. The van der Waals surface area contributed by atoms with E-state index in [0.717, 1.165) is 34.3 Å². The fourth-order valence-corrected chi connectivity index (χ4v) is 6.33. The van der Waals surface area contributed by atoms with Crippen LogP contribution in [0.3, 0.4) is 0 Å². The molecule has 0 heterocycles. The molecule has 0 amide bonds. The van der Waals surface area contributed by atoms with Crippen LogP contribution in [-0.2, 0) is 20.7 Å². The van der Waals surface area contributed by atoms with Gasteiger partial charge in [-0.3, -0.25) is 9.59 Å². The summed E-state index contributed by atoms with van der Waals surface area (Å²) >= 11 is 3.07. The predicted molar refractivity (Wildman–Crippen MR) is 137 cm³/mol. The van der Waals surface area contributed by atoms with Crippen molar-refractivity contribution in [3.8, 4) is 0 Å². The predicted octanol–water partition coefficient (Wildman–Crippen LogP) is 4.04. The number of methoxy groups -OCH3 is 1. The van der Waals surface area contributed by atoms with Crippen LogP contribution in [0.2, 0.25) is 0 Å². The molecule has 178 valence electrons. The molecule has 0 saturated heterocycles. The van der Waals surface area contributed by atoms with Crippen molar-refractivity contribution in [2.45, 2.75) is 43.1 Å². The lowest BCUT2D eigenvalue weighted by atomic mass is 9.92. The number of benzene rings is 2. The minimum atomic E-state index is -1.09. The highest BCUT2D eigenvalue weighted by atomic mass is 32.2. The fourth-order valence-electron chi connectivity index (χ4n) is 4.03. The van der Waals surface area contributed by atoms with Gasteiger partial charge in [0, 0.05) is 18.8 Å². The van der Waals surface area contributed by atoms with E-state index in [1.165, 1.54) is 18.9 Å². The molecule has 2 aromatic carbocycles. The van der Waals surface area contributed by atoms with E-state index in [1.807, 2.05) is 24.3 Å². The Morgan fingerprint density at radius 3 is 2.73 bits per heavy atom. The average Bonchev–Trinajstić information content (AvgIpc) is 3.06. The van der Waals surface area contributed by atoms with Crippen LogP contribution < -0.4 is 0 Å². The third-order valence-electron chi connectivity index (χ3n) is 5.75. The van der Waals surface area contributed by atoms with Crippen molar-refractivity contribution in [1.82, 2.24) is 0 Å². The molecule has 0 radical (unpaired) electrons. The molecule has 7 heteroatoms. The fraction of sp³-hybridized carbons (Fsp3) is 0.462. The SMILES string of the molecule is COC(=O)CSCCCS[C@H]1C(=O)C[C@@H](O)[C@@H]1C=CC(C)(O)Cc1ccc2ccccc2c1. The normalized spacial score (nSPS) is 22.7. The molecule has 5 nitrogen and oxygen atoms in total. The van der Waals surface area contributed by atoms with E-state index in [4.69, 9.17) is 0 Å². The highest BCUT2D eigenvalue weighted by Crippen LogP contribution is 2.35. The smallest absolute Gasteiger partial charge is 0.315 e. The minimum Gasteiger partial charge on any atom is -0.468 e. The van der Waals surface area contributed by atoms with Crippen LogP contribution in [0.25, 0.3) is 10.8 Å². The van der Waals surface area contributed by atoms with Crippen LogP contribution >= 0.6 is 23.5 Å². The maximum atomic E-state index is 12.4. The first-order chi connectivity index (χ1) is 15.8. The summed E-state index contributed by atoms with van der Waals surface area (Å²) in [6.45, 7) is 1.75. The summed E-state index contributed by atoms with van der Waals surface area (Å²) in [5, 5.41) is 23.4. The molecule has 1 aliphatic rings. The summed E-state index contributed by atoms with van der Waals surface area (Å²) in [4.78, 5) is 23.6. The molecule has 0 aliphatic heterocycles. The standard InChI is InChI=1S/C26H32O5S2/c1-26(30,16-18-8-9-19-6-3-4-7-20(19)14-18)11-10-21-22(27)15-23(28)25(21)33-13-5-12-32-17-24(29)31-2/h3-4,6-11,14,21-22,25,27,30H,5,12-13,15-17H2,1-2H3/t21-,22+,25+,26?/m0/s1. The number of hydrogen-bond acceptors (Lipinski definition) is 7. The number of fused-ring (bicyclic) bond motifs is 1. The zero-order chi connectivity index (χ0) is 23.8. The number of thioether (sulfide) groups is 2. The van der Waals surface area contributed by atoms with Gasteiger partial charge in [-0.2, -0.15) is 11.8 Å². The highest BCUT2D eigenvalue weighted by Gasteiger charge is 2.40. The summed E-state index contributed by atoms with van der Waals surface area (Å²) in [5.41, 5.74) is -0.0603. The van der Waals surface area contributed by atoms with Gasteiger partial charge in [-0.1, -0.05) is 54.6 Å².